The number of nitriles is 1. The number of aromatic nitrogens is 4. The largest absolute Gasteiger partial charge is 0.306 e. The van der Waals surface area contributed by atoms with E-state index >= 15 is 0 Å². The van der Waals surface area contributed by atoms with Gasteiger partial charge in [-0.3, -0.25) is 0 Å². The smallest absolute Gasteiger partial charge is 0.104 e. The van der Waals surface area contributed by atoms with Crippen LogP contribution in [0.25, 0.3) is 121 Å². The molecule has 0 unspecified atom stereocenters. The molecule has 0 N–H and O–H groups in total. The molecule has 14 rings (SSSR count). The van der Waals surface area contributed by atoms with Gasteiger partial charge in [-0.2, -0.15) is 5.26 Å². The molecule has 9 aromatic carbocycles. The molecule has 0 spiro atoms. The first-order valence-corrected chi connectivity index (χ1v) is 20.4. The summed E-state index contributed by atoms with van der Waals surface area (Å²) in [6.07, 6.45) is 0. The average Bonchev–Trinajstić information content (AvgIpc) is 4.10. The van der Waals surface area contributed by atoms with Crippen molar-refractivity contribution >= 4 is 104 Å². The molecule has 0 aliphatic heterocycles. The van der Waals surface area contributed by atoms with Crippen molar-refractivity contribution in [1.82, 2.24) is 18.1 Å². The lowest BCUT2D eigenvalue weighted by molar-refractivity contribution is 1.06. The van der Waals surface area contributed by atoms with Gasteiger partial charge in [0.25, 0.3) is 0 Å². The molecule has 0 saturated heterocycles. The molecule has 14 aromatic rings. The second-order valence-electron chi connectivity index (χ2n) is 15.9. The molecule has 0 radical (unpaired) electrons. The molecule has 0 saturated carbocycles. The van der Waals surface area contributed by atoms with E-state index < -0.39 is 0 Å². The number of hydrogen-bond donors (Lipinski definition) is 0. The lowest BCUT2D eigenvalue weighted by Gasteiger charge is -2.25. The highest BCUT2D eigenvalue weighted by Crippen LogP contribution is 2.51. The van der Waals surface area contributed by atoms with Gasteiger partial charge in [0.05, 0.1) is 66.7 Å². The van der Waals surface area contributed by atoms with E-state index in [-0.39, 0.29) is 0 Å². The zero-order valence-electron chi connectivity index (χ0n) is 32.1. The van der Waals surface area contributed by atoms with E-state index in [9.17, 15) is 5.26 Å². The van der Waals surface area contributed by atoms with Crippen LogP contribution in [0.15, 0.2) is 188 Å². The van der Waals surface area contributed by atoms with E-state index in [1.54, 1.807) is 0 Å². The molecular weight excluding hydrogens is 731 g/mol. The second-order valence-corrected chi connectivity index (χ2v) is 15.9. The molecule has 5 heterocycles. The summed E-state index contributed by atoms with van der Waals surface area (Å²) in [7, 11) is 0. The fourth-order valence-corrected chi connectivity index (χ4v) is 10.9. The fraction of sp³-hybridized carbons (Fsp3) is 0. The molecule has 60 heavy (non-hydrogen) atoms. The number of fused-ring (bicyclic) bond motifs is 15. The van der Waals surface area contributed by atoms with E-state index in [1.165, 1.54) is 21.5 Å². The highest BCUT2D eigenvalue weighted by atomic mass is 15.1. The monoisotopic (exact) mass is 761 g/mol. The summed E-state index contributed by atoms with van der Waals surface area (Å²) in [5.41, 5.74) is 13.0. The van der Waals surface area contributed by atoms with Crippen LogP contribution in [0.2, 0.25) is 0 Å². The van der Waals surface area contributed by atoms with Crippen LogP contribution in [0, 0.1) is 11.3 Å². The van der Waals surface area contributed by atoms with Gasteiger partial charge in [0.1, 0.15) is 11.6 Å². The Morgan fingerprint density at radius 1 is 0.283 bits per heavy atom. The molecule has 5 heteroatoms. The van der Waals surface area contributed by atoms with Gasteiger partial charge in [-0.15, -0.1) is 0 Å². The Balaban J connectivity index is 1.39. The summed E-state index contributed by atoms with van der Waals surface area (Å²) in [4.78, 5) is 0. The maximum absolute atomic E-state index is 12.1. The van der Waals surface area contributed by atoms with Gasteiger partial charge >= 0.3 is 0 Å². The van der Waals surface area contributed by atoms with E-state index in [0.717, 1.165) is 99.0 Å². The fourth-order valence-electron chi connectivity index (χ4n) is 10.9. The van der Waals surface area contributed by atoms with Crippen molar-refractivity contribution in [2.24, 2.45) is 0 Å². The zero-order valence-corrected chi connectivity index (χ0v) is 32.1. The molecule has 276 valence electrons. The van der Waals surface area contributed by atoms with E-state index in [0.29, 0.717) is 5.56 Å². The Morgan fingerprint density at radius 2 is 0.600 bits per heavy atom. The topological polar surface area (TPSA) is 43.0 Å². The van der Waals surface area contributed by atoms with Gasteiger partial charge in [-0.1, -0.05) is 146 Å². The summed E-state index contributed by atoms with van der Waals surface area (Å²) in [6.45, 7) is 0. The molecule has 0 amide bonds. The number of rotatable bonds is 3. The molecule has 0 aliphatic carbocycles. The molecule has 0 aliphatic rings. The van der Waals surface area contributed by atoms with Crippen molar-refractivity contribution in [3.05, 3.63) is 194 Å². The molecule has 0 atom stereocenters. The Bertz CT molecular complexity index is 4040. The van der Waals surface area contributed by atoms with Gasteiger partial charge in [-0.05, 0) is 42.5 Å². The van der Waals surface area contributed by atoms with Crippen molar-refractivity contribution in [2.75, 3.05) is 0 Å². The van der Waals surface area contributed by atoms with E-state index in [2.05, 4.69) is 212 Å². The van der Waals surface area contributed by atoms with Gasteiger partial charge in [0.15, 0.2) is 0 Å². The van der Waals surface area contributed by atoms with Crippen molar-refractivity contribution in [3.8, 4) is 23.1 Å². The minimum atomic E-state index is 0.622. The number of para-hydroxylation sites is 8. The normalized spacial score (nSPS) is 12.3. The summed E-state index contributed by atoms with van der Waals surface area (Å²) < 4.78 is 9.72. The molecule has 0 bridgehead atoms. The van der Waals surface area contributed by atoms with Crippen LogP contribution >= 0.6 is 0 Å². The van der Waals surface area contributed by atoms with Gasteiger partial charge in [-0.25, -0.2) is 0 Å². The van der Waals surface area contributed by atoms with Crippen LogP contribution < -0.4 is 0 Å². The summed E-state index contributed by atoms with van der Waals surface area (Å²) in [5, 5.41) is 23.6. The zero-order chi connectivity index (χ0) is 39.2. The Kier molecular flexibility index (Phi) is 6.03. The van der Waals surface area contributed by atoms with E-state index in [1.807, 2.05) is 0 Å². The quantitative estimate of drug-likeness (QED) is 0.177. The minimum absolute atomic E-state index is 0.622. The average molecular weight is 762 g/mol. The third-order valence-electron chi connectivity index (χ3n) is 13.1. The predicted octanol–water partition coefficient (Wildman–Crippen LogP) is 14.0. The Labute approximate surface area is 342 Å². The summed E-state index contributed by atoms with van der Waals surface area (Å²) in [6, 6.07) is 70.5. The molecule has 0 fully saturated rings. The first kappa shape index (κ1) is 31.7. The van der Waals surface area contributed by atoms with Gasteiger partial charge in [0.2, 0.25) is 0 Å². The second kappa shape index (κ2) is 11.4. The van der Waals surface area contributed by atoms with Gasteiger partial charge in [0, 0.05) is 53.9 Å². The maximum atomic E-state index is 12.1. The SMILES string of the molecule is N#Cc1c(-n2c3ccccc3c3ccccc32)c(-n2c3ccccc3c3ccccc32)c(-n2c3ccccc3c3ccccc32)c2c3cccc4c5ccccc5n(c12)c43. The van der Waals surface area contributed by atoms with Gasteiger partial charge < -0.3 is 18.1 Å². The first-order valence-electron chi connectivity index (χ1n) is 20.4. The maximum Gasteiger partial charge on any atom is 0.104 e. The van der Waals surface area contributed by atoms with Crippen LogP contribution in [0.1, 0.15) is 5.56 Å². The van der Waals surface area contributed by atoms with Crippen LogP contribution in [0.3, 0.4) is 0 Å². The molecular formula is C55H31N5. The molecule has 5 nitrogen and oxygen atoms in total. The Hall–Kier alpha value is -8.33. The van der Waals surface area contributed by atoms with Crippen molar-refractivity contribution in [1.29, 1.82) is 5.26 Å². The predicted molar refractivity (Wildman–Crippen MR) is 249 cm³/mol. The lowest BCUT2D eigenvalue weighted by Crippen LogP contribution is -2.12. The highest BCUT2D eigenvalue weighted by molar-refractivity contribution is 6.28. The van der Waals surface area contributed by atoms with Crippen LogP contribution in [-0.4, -0.2) is 18.1 Å². The van der Waals surface area contributed by atoms with Crippen LogP contribution in [0.5, 0.6) is 0 Å². The third-order valence-corrected chi connectivity index (χ3v) is 13.1. The van der Waals surface area contributed by atoms with Crippen molar-refractivity contribution in [3.63, 3.8) is 0 Å². The van der Waals surface area contributed by atoms with Crippen LogP contribution in [-0.2, 0) is 0 Å². The lowest BCUT2D eigenvalue weighted by atomic mass is 9.99. The number of hydrogen-bond acceptors (Lipinski definition) is 1. The summed E-state index contributed by atoms with van der Waals surface area (Å²) in [5.74, 6) is 0. The minimum Gasteiger partial charge on any atom is -0.306 e. The third kappa shape index (κ3) is 3.77. The van der Waals surface area contributed by atoms with Crippen molar-refractivity contribution < 1.29 is 0 Å². The standard InChI is InChI=1S/C55H31N5/c56-32-42-52-50(41-24-15-23-40-39-22-7-14-31-49(39)60(52)51(40)41)54(58-45-27-10-3-18-35(45)36-19-4-11-28-46(36)58)55(59-47-29-12-5-20-37(47)38-21-6-13-30-48(38)59)53(42)57-43-25-8-1-16-33(43)34-17-2-9-26-44(34)57/h1-31H. The number of nitrogens with zero attached hydrogens (tertiary/aromatic N) is 5. The Morgan fingerprint density at radius 3 is 1.02 bits per heavy atom. The summed E-state index contributed by atoms with van der Waals surface area (Å²) >= 11 is 0. The number of benzene rings is 9. The van der Waals surface area contributed by atoms with E-state index in [4.69, 9.17) is 0 Å². The van der Waals surface area contributed by atoms with Crippen molar-refractivity contribution in [2.45, 2.75) is 0 Å². The highest BCUT2D eigenvalue weighted by Gasteiger charge is 2.33. The van der Waals surface area contributed by atoms with Crippen LogP contribution in [0.4, 0.5) is 0 Å². The first-order chi connectivity index (χ1) is 29.8. The molecule has 5 aromatic heterocycles.